The third-order valence-electron chi connectivity index (χ3n) is 14.0. The summed E-state index contributed by atoms with van der Waals surface area (Å²) >= 11 is 0. The standard InChI is InChI=1S/C32H52O3/c1-26(2)12-15-31(21-33)16-14-29(6)22(23(31)20-26)8-9-25-28(5)13-17-32(34-18-19-35-32)27(3,4)24(28)10-11-30(25,29)7/h8,23-25,33H,9-21H2,1-7H3/t23-,24-,25+,28-,29+,30+,31+/m0/s1. The number of rotatable bonds is 1. The number of allylic oxidation sites excluding steroid dienone is 2. The second kappa shape index (κ2) is 7.38. The number of hydrogen-bond donors (Lipinski definition) is 1. The summed E-state index contributed by atoms with van der Waals surface area (Å²) in [5.41, 5.74) is 3.19. The molecule has 0 unspecified atom stereocenters. The smallest absolute Gasteiger partial charge is 0.173 e. The third-order valence-corrected chi connectivity index (χ3v) is 14.0. The predicted molar refractivity (Wildman–Crippen MR) is 141 cm³/mol. The Morgan fingerprint density at radius 3 is 2.20 bits per heavy atom. The van der Waals surface area contributed by atoms with Crippen molar-refractivity contribution in [3.63, 3.8) is 0 Å². The number of ether oxygens (including phenoxy) is 2. The van der Waals surface area contributed by atoms with E-state index in [0.29, 0.717) is 40.6 Å². The van der Waals surface area contributed by atoms with Gasteiger partial charge in [-0.25, -0.2) is 0 Å². The number of hydrogen-bond acceptors (Lipinski definition) is 3. The summed E-state index contributed by atoms with van der Waals surface area (Å²) in [6.07, 6.45) is 15.0. The van der Waals surface area contributed by atoms with E-state index < -0.39 is 0 Å². The fraction of sp³-hybridized carbons (Fsp3) is 0.938. The highest BCUT2D eigenvalue weighted by atomic mass is 16.7. The summed E-state index contributed by atoms with van der Waals surface area (Å²) in [7, 11) is 0. The van der Waals surface area contributed by atoms with Gasteiger partial charge >= 0.3 is 0 Å². The molecule has 1 heterocycles. The molecule has 1 aliphatic heterocycles. The van der Waals surface area contributed by atoms with Gasteiger partial charge in [0.2, 0.25) is 0 Å². The molecule has 5 aliphatic carbocycles. The maximum atomic E-state index is 10.7. The zero-order valence-corrected chi connectivity index (χ0v) is 23.8. The van der Waals surface area contributed by atoms with Crippen LogP contribution in [-0.2, 0) is 9.47 Å². The lowest BCUT2D eigenvalue weighted by atomic mass is 9.33. The molecule has 1 saturated heterocycles. The van der Waals surface area contributed by atoms with E-state index in [1.54, 1.807) is 5.57 Å². The quantitative estimate of drug-likeness (QED) is 0.391. The minimum atomic E-state index is -0.371. The molecular weight excluding hydrogens is 432 g/mol. The Balaban J connectivity index is 1.40. The van der Waals surface area contributed by atoms with Crippen LogP contribution < -0.4 is 0 Å². The Bertz CT molecular complexity index is 912. The van der Waals surface area contributed by atoms with Crippen molar-refractivity contribution in [2.24, 2.45) is 50.2 Å². The van der Waals surface area contributed by atoms with Gasteiger partial charge in [0.05, 0.1) is 13.2 Å². The molecule has 3 heteroatoms. The molecule has 0 radical (unpaired) electrons. The van der Waals surface area contributed by atoms with Gasteiger partial charge in [0, 0.05) is 23.9 Å². The summed E-state index contributed by atoms with van der Waals surface area (Å²) in [6, 6.07) is 0. The summed E-state index contributed by atoms with van der Waals surface area (Å²) in [6.45, 7) is 19.7. The molecule has 0 aromatic carbocycles. The summed E-state index contributed by atoms with van der Waals surface area (Å²) in [5, 5.41) is 10.7. The Morgan fingerprint density at radius 2 is 1.51 bits per heavy atom. The lowest BCUT2D eigenvalue weighted by Crippen LogP contribution is -2.67. The van der Waals surface area contributed by atoms with Gasteiger partial charge in [-0.2, -0.15) is 0 Å². The van der Waals surface area contributed by atoms with Crippen molar-refractivity contribution in [3.8, 4) is 0 Å². The molecule has 0 aromatic heterocycles. The van der Waals surface area contributed by atoms with Gasteiger partial charge in [-0.15, -0.1) is 0 Å². The fourth-order valence-electron chi connectivity index (χ4n) is 11.5. The first-order valence-electron chi connectivity index (χ1n) is 14.9. The van der Waals surface area contributed by atoms with Crippen molar-refractivity contribution in [3.05, 3.63) is 11.6 Å². The normalized spacial score (nSPS) is 51.5. The molecule has 6 aliphatic rings. The van der Waals surface area contributed by atoms with E-state index in [2.05, 4.69) is 54.5 Å². The Kier molecular flexibility index (Phi) is 5.26. The first kappa shape index (κ1) is 24.9. The summed E-state index contributed by atoms with van der Waals surface area (Å²) in [4.78, 5) is 0. The topological polar surface area (TPSA) is 38.7 Å². The van der Waals surface area contributed by atoms with Crippen LogP contribution in [0.15, 0.2) is 11.6 Å². The van der Waals surface area contributed by atoms with Crippen LogP contribution in [-0.4, -0.2) is 30.7 Å². The van der Waals surface area contributed by atoms with Crippen LogP contribution >= 0.6 is 0 Å². The molecule has 198 valence electrons. The van der Waals surface area contributed by atoms with Gasteiger partial charge < -0.3 is 14.6 Å². The zero-order chi connectivity index (χ0) is 25.1. The van der Waals surface area contributed by atoms with Gasteiger partial charge in [0.15, 0.2) is 5.79 Å². The van der Waals surface area contributed by atoms with Gasteiger partial charge in [0.25, 0.3) is 0 Å². The van der Waals surface area contributed by atoms with Crippen molar-refractivity contribution in [1.29, 1.82) is 0 Å². The molecule has 5 fully saturated rings. The lowest BCUT2D eigenvalue weighted by molar-refractivity contribution is -0.307. The molecule has 3 nitrogen and oxygen atoms in total. The van der Waals surface area contributed by atoms with E-state index in [4.69, 9.17) is 9.47 Å². The summed E-state index contributed by atoms with van der Waals surface area (Å²) < 4.78 is 12.8. The van der Waals surface area contributed by atoms with Gasteiger partial charge in [-0.1, -0.05) is 60.1 Å². The van der Waals surface area contributed by atoms with E-state index in [1.807, 2.05) is 0 Å². The number of aliphatic hydroxyl groups is 1. The van der Waals surface area contributed by atoms with Crippen LogP contribution in [0, 0.1) is 50.2 Å². The van der Waals surface area contributed by atoms with Gasteiger partial charge in [-0.05, 0) is 97.2 Å². The van der Waals surface area contributed by atoms with Crippen LogP contribution in [0.3, 0.4) is 0 Å². The maximum absolute atomic E-state index is 10.7. The van der Waals surface area contributed by atoms with Crippen molar-refractivity contribution < 1.29 is 14.6 Å². The molecule has 35 heavy (non-hydrogen) atoms. The average molecular weight is 485 g/mol. The van der Waals surface area contributed by atoms with E-state index in [-0.39, 0.29) is 22.0 Å². The van der Waals surface area contributed by atoms with Crippen LogP contribution in [0.1, 0.15) is 113 Å². The lowest BCUT2D eigenvalue weighted by Gasteiger charge is -2.72. The molecule has 1 N–H and O–H groups in total. The largest absolute Gasteiger partial charge is 0.396 e. The Hall–Kier alpha value is -0.380. The van der Waals surface area contributed by atoms with E-state index in [9.17, 15) is 5.11 Å². The molecule has 0 aromatic rings. The molecule has 6 rings (SSSR count). The molecule has 1 spiro atoms. The maximum Gasteiger partial charge on any atom is 0.173 e. The molecular formula is C32H52O3. The number of aliphatic hydroxyl groups excluding tert-OH is 1. The monoisotopic (exact) mass is 484 g/mol. The zero-order valence-electron chi connectivity index (χ0n) is 23.8. The van der Waals surface area contributed by atoms with Gasteiger partial charge in [-0.3, -0.25) is 0 Å². The van der Waals surface area contributed by atoms with Crippen LogP contribution in [0.4, 0.5) is 0 Å². The van der Waals surface area contributed by atoms with Crippen molar-refractivity contribution in [2.75, 3.05) is 19.8 Å². The second-order valence-electron chi connectivity index (χ2n) is 15.9. The van der Waals surface area contributed by atoms with E-state index >= 15 is 0 Å². The van der Waals surface area contributed by atoms with E-state index in [1.165, 1.54) is 57.8 Å². The highest BCUT2D eigenvalue weighted by molar-refractivity contribution is 5.34. The minimum absolute atomic E-state index is 0.0364. The van der Waals surface area contributed by atoms with Crippen molar-refractivity contribution in [1.82, 2.24) is 0 Å². The highest BCUT2D eigenvalue weighted by Crippen LogP contribution is 2.76. The molecule has 7 atom stereocenters. The van der Waals surface area contributed by atoms with Gasteiger partial charge in [0.1, 0.15) is 0 Å². The Morgan fingerprint density at radius 1 is 0.829 bits per heavy atom. The molecule has 0 amide bonds. The molecule has 4 saturated carbocycles. The summed E-state index contributed by atoms with van der Waals surface area (Å²) in [5.74, 6) is 1.53. The van der Waals surface area contributed by atoms with Crippen LogP contribution in [0.25, 0.3) is 0 Å². The predicted octanol–water partition coefficient (Wildman–Crippen LogP) is 7.52. The van der Waals surface area contributed by atoms with E-state index in [0.717, 1.165) is 19.6 Å². The fourth-order valence-corrected chi connectivity index (χ4v) is 11.5. The first-order valence-corrected chi connectivity index (χ1v) is 14.9. The SMILES string of the molecule is CC1(C)CC[C@]2(CO)CC[C@]3(C)C(=CC[C@@H]4[C@@]5(C)CCC6(OCCO6)C(C)(C)[C@@H]5CC[C@]43C)[C@@H]2C1. The van der Waals surface area contributed by atoms with Crippen molar-refractivity contribution in [2.45, 2.75) is 118 Å². The third kappa shape index (κ3) is 2.96. The van der Waals surface area contributed by atoms with Crippen LogP contribution in [0.2, 0.25) is 0 Å². The van der Waals surface area contributed by atoms with Crippen molar-refractivity contribution >= 4 is 0 Å². The number of fused-ring (bicyclic) bond motifs is 7. The average Bonchev–Trinajstić information content (AvgIpc) is 3.28. The second-order valence-corrected chi connectivity index (χ2v) is 15.9. The highest BCUT2D eigenvalue weighted by Gasteiger charge is 2.71. The Labute approximate surface area is 214 Å². The van der Waals surface area contributed by atoms with Crippen LogP contribution in [0.5, 0.6) is 0 Å². The minimum Gasteiger partial charge on any atom is -0.396 e. The molecule has 0 bridgehead atoms. The first-order chi connectivity index (χ1) is 16.3.